The van der Waals surface area contributed by atoms with E-state index in [9.17, 15) is 4.79 Å². The Bertz CT molecular complexity index is 711. The summed E-state index contributed by atoms with van der Waals surface area (Å²) >= 11 is 0. The van der Waals surface area contributed by atoms with Crippen molar-refractivity contribution < 1.29 is 9.53 Å². The molecule has 4 aliphatic carbocycles. The minimum Gasteiger partial charge on any atom is -0.445 e. The number of rotatable bonds is 2. The maximum atomic E-state index is 12.2. The number of fused-ring (bicyclic) bond motifs is 5. The summed E-state index contributed by atoms with van der Waals surface area (Å²) in [5, 5.41) is 0. The van der Waals surface area contributed by atoms with Crippen LogP contribution in [-0.2, 0) is 9.53 Å². The molecule has 0 spiro atoms. The predicted molar refractivity (Wildman–Crippen MR) is 107 cm³/mol. The number of carbonyl (C=O) groups excluding carboxylic acids is 1. The third kappa shape index (κ3) is 2.45. The largest absolute Gasteiger partial charge is 0.445 e. The van der Waals surface area contributed by atoms with Crippen LogP contribution in [0.25, 0.3) is 0 Å². The van der Waals surface area contributed by atoms with Crippen LogP contribution < -0.4 is 0 Å². The highest BCUT2D eigenvalue weighted by molar-refractivity contribution is 5.70. The molecule has 0 saturated heterocycles. The molecule has 4 rings (SSSR count). The molecule has 0 amide bonds. The lowest BCUT2D eigenvalue weighted by Gasteiger charge is -2.58. The van der Waals surface area contributed by atoms with Crippen molar-refractivity contribution in [2.24, 2.45) is 40.4 Å². The fraction of sp³-hybridized carbons (Fsp3) is 0.800. The van der Waals surface area contributed by atoms with Gasteiger partial charge in [0.2, 0.25) is 0 Å². The van der Waals surface area contributed by atoms with Crippen molar-refractivity contribution in [1.29, 1.82) is 0 Å². The van der Waals surface area contributed by atoms with Gasteiger partial charge in [0, 0.05) is 17.8 Å². The minimum absolute atomic E-state index is 0.0823. The summed E-state index contributed by atoms with van der Waals surface area (Å²) in [6.07, 6.45) is 21.5. The number of ether oxygens (including phenoxy) is 1. The van der Waals surface area contributed by atoms with E-state index < -0.39 is 5.60 Å². The maximum Gasteiger partial charge on any atom is 0.307 e. The molecule has 0 aliphatic heterocycles. The molecule has 4 fully saturated rings. The van der Waals surface area contributed by atoms with Gasteiger partial charge in [-0.05, 0) is 80.5 Å². The summed E-state index contributed by atoms with van der Waals surface area (Å²) in [7, 11) is 0. The molecule has 4 saturated carbocycles. The van der Waals surface area contributed by atoms with E-state index in [4.69, 9.17) is 17.6 Å². The summed E-state index contributed by atoms with van der Waals surface area (Å²) in [5.41, 5.74) is -0.394. The third-order valence-corrected chi connectivity index (χ3v) is 9.49. The zero-order chi connectivity index (χ0) is 19.4. The zero-order valence-electron chi connectivity index (χ0n) is 17.2. The van der Waals surface area contributed by atoms with Gasteiger partial charge in [0.25, 0.3) is 0 Å². The monoisotopic (exact) mass is 366 g/mol. The highest BCUT2D eigenvalue weighted by Gasteiger charge is 2.66. The molecule has 0 heterocycles. The summed E-state index contributed by atoms with van der Waals surface area (Å²) in [4.78, 5) is 12.2. The first kappa shape index (κ1) is 18.9. The lowest BCUT2D eigenvalue weighted by atomic mass is 9.47. The second kappa shape index (κ2) is 6.30. The van der Waals surface area contributed by atoms with Gasteiger partial charge in [-0.1, -0.05) is 26.7 Å². The lowest BCUT2D eigenvalue weighted by Crippen LogP contribution is -2.55. The number of hydrogen-bond acceptors (Lipinski definition) is 2. The summed E-state index contributed by atoms with van der Waals surface area (Å²) in [6, 6.07) is 0. The number of carbonyl (C=O) groups is 1. The molecule has 4 unspecified atom stereocenters. The van der Waals surface area contributed by atoms with Gasteiger partial charge in [-0.3, -0.25) is 4.79 Å². The molecule has 0 radical (unpaired) electrons. The number of hydrogen-bond donors (Lipinski definition) is 0. The van der Waals surface area contributed by atoms with E-state index in [0.29, 0.717) is 29.6 Å². The lowest BCUT2D eigenvalue weighted by molar-refractivity contribution is -0.173. The van der Waals surface area contributed by atoms with E-state index >= 15 is 0 Å². The maximum absolute atomic E-state index is 12.2. The van der Waals surface area contributed by atoms with Crippen LogP contribution in [0.3, 0.4) is 0 Å². The molecule has 0 bridgehead atoms. The normalized spacial score (nSPS) is 50.6. The average Bonchev–Trinajstić information content (AvgIpc) is 3.16. The van der Waals surface area contributed by atoms with Crippen molar-refractivity contribution in [2.75, 3.05) is 0 Å². The first-order valence-electron chi connectivity index (χ1n) is 11.0. The molecule has 0 N–H and O–H groups in total. The first-order valence-corrected chi connectivity index (χ1v) is 11.0. The Kier molecular flexibility index (Phi) is 4.42. The Morgan fingerprint density at radius 3 is 2.52 bits per heavy atom. The average molecular weight is 367 g/mol. The van der Waals surface area contributed by atoms with E-state index in [0.717, 1.165) is 31.1 Å². The Hall–Kier alpha value is -1.41. The molecule has 27 heavy (non-hydrogen) atoms. The van der Waals surface area contributed by atoms with Crippen LogP contribution in [0.15, 0.2) is 0 Å². The van der Waals surface area contributed by atoms with Crippen molar-refractivity contribution in [1.82, 2.24) is 0 Å². The van der Waals surface area contributed by atoms with E-state index in [-0.39, 0.29) is 11.4 Å². The Balaban J connectivity index is 1.64. The van der Waals surface area contributed by atoms with Crippen LogP contribution in [0.2, 0.25) is 0 Å². The van der Waals surface area contributed by atoms with E-state index in [1.54, 1.807) is 0 Å². The van der Waals surface area contributed by atoms with Crippen molar-refractivity contribution in [3.63, 3.8) is 0 Å². The second-order valence-corrected chi connectivity index (χ2v) is 10.3. The highest BCUT2D eigenvalue weighted by atomic mass is 16.6. The van der Waals surface area contributed by atoms with Crippen molar-refractivity contribution in [3.8, 4) is 24.7 Å². The Morgan fingerprint density at radius 1 is 1.11 bits per heavy atom. The van der Waals surface area contributed by atoms with Crippen LogP contribution in [-0.4, -0.2) is 11.6 Å². The number of terminal acetylenes is 2. The predicted octanol–water partition coefficient (Wildman–Crippen LogP) is 5.21. The van der Waals surface area contributed by atoms with Gasteiger partial charge < -0.3 is 4.74 Å². The first-order chi connectivity index (χ1) is 12.8. The van der Waals surface area contributed by atoms with Crippen molar-refractivity contribution in [2.45, 2.75) is 84.2 Å². The molecule has 4 aliphatic rings. The SMILES string of the molecule is C#C[C@H]1CC2CCC3C(CC[C@@]4(C)C3CC[C@]4(C#C)OC(=O)CC)[C@@]2(C)C1. The Morgan fingerprint density at radius 2 is 1.85 bits per heavy atom. The quantitative estimate of drug-likeness (QED) is 0.495. The van der Waals surface area contributed by atoms with Crippen molar-refractivity contribution >= 4 is 5.97 Å². The zero-order valence-corrected chi connectivity index (χ0v) is 17.2. The highest BCUT2D eigenvalue weighted by Crippen LogP contribution is 2.69. The molecule has 0 aromatic heterocycles. The minimum atomic E-state index is -0.704. The fourth-order valence-corrected chi connectivity index (χ4v) is 8.02. The third-order valence-electron chi connectivity index (χ3n) is 9.49. The van der Waals surface area contributed by atoms with Gasteiger partial charge in [-0.2, -0.15) is 0 Å². The smallest absolute Gasteiger partial charge is 0.307 e. The molecular formula is C25H34O2. The molecule has 0 aromatic carbocycles. The van der Waals surface area contributed by atoms with Gasteiger partial charge in [0.1, 0.15) is 0 Å². The van der Waals surface area contributed by atoms with Gasteiger partial charge >= 0.3 is 5.97 Å². The second-order valence-electron chi connectivity index (χ2n) is 10.3. The van der Waals surface area contributed by atoms with E-state index in [1.165, 1.54) is 32.1 Å². The Labute approximate surface area is 165 Å². The molecule has 0 aromatic rings. The molecule has 2 nitrogen and oxygen atoms in total. The summed E-state index contributed by atoms with van der Waals surface area (Å²) in [6.45, 7) is 6.69. The van der Waals surface area contributed by atoms with Crippen molar-refractivity contribution in [3.05, 3.63) is 0 Å². The van der Waals surface area contributed by atoms with Crippen LogP contribution in [0.1, 0.15) is 78.6 Å². The summed E-state index contributed by atoms with van der Waals surface area (Å²) in [5.74, 6) is 9.17. The van der Waals surface area contributed by atoms with Crippen LogP contribution >= 0.6 is 0 Å². The van der Waals surface area contributed by atoms with Gasteiger partial charge in [0.05, 0.1) is 0 Å². The van der Waals surface area contributed by atoms with Crippen LogP contribution in [0, 0.1) is 65.1 Å². The van der Waals surface area contributed by atoms with E-state index in [2.05, 4.69) is 25.7 Å². The van der Waals surface area contributed by atoms with Crippen LogP contribution in [0.4, 0.5) is 0 Å². The molecule has 8 atom stereocenters. The van der Waals surface area contributed by atoms with Gasteiger partial charge in [0.15, 0.2) is 5.60 Å². The van der Waals surface area contributed by atoms with Gasteiger partial charge in [-0.25, -0.2) is 0 Å². The fourth-order valence-electron chi connectivity index (χ4n) is 8.02. The topological polar surface area (TPSA) is 26.3 Å². The molecular weight excluding hydrogens is 332 g/mol. The summed E-state index contributed by atoms with van der Waals surface area (Å²) < 4.78 is 5.99. The van der Waals surface area contributed by atoms with E-state index in [1.807, 2.05) is 6.92 Å². The number of esters is 1. The standard InChI is InChI=1S/C25H34O2/c1-6-17-15-18-9-10-19-20(23(18,4)16-17)11-13-24(5)21(19)12-14-25(24,8-3)27-22(26)7-2/h1,3,17-21H,7,9-16H2,2,4-5H3/t17-,18?,19?,20?,21?,23-,24-,25-/m0/s1. The van der Waals surface area contributed by atoms with Crippen LogP contribution in [0.5, 0.6) is 0 Å². The molecule has 2 heteroatoms. The molecule has 146 valence electrons. The van der Waals surface area contributed by atoms with Gasteiger partial charge in [-0.15, -0.1) is 18.8 Å².